The highest BCUT2D eigenvalue weighted by atomic mass is 35.5. The molecule has 20 heavy (non-hydrogen) atoms. The number of hydrazine groups is 1. The number of para-hydroxylation sites is 1. The van der Waals surface area contributed by atoms with Crippen LogP contribution in [0.5, 0.6) is 5.75 Å². The highest BCUT2D eigenvalue weighted by Gasteiger charge is 2.05. The number of anilines is 1. The largest absolute Gasteiger partial charge is 0.508 e. The number of phenols is 1. The molecule has 2 aromatic rings. The fourth-order valence-corrected chi connectivity index (χ4v) is 1.93. The molecule has 0 saturated heterocycles. The van der Waals surface area contributed by atoms with Crippen LogP contribution >= 0.6 is 11.6 Å². The molecule has 0 spiro atoms. The number of aromatic hydroxyl groups is 1. The normalized spacial score (nSPS) is 10.1. The first-order valence-electron chi connectivity index (χ1n) is 6.22. The van der Waals surface area contributed by atoms with Crippen LogP contribution in [0.15, 0.2) is 48.5 Å². The molecule has 4 nitrogen and oxygen atoms in total. The van der Waals surface area contributed by atoms with Crippen molar-refractivity contribution in [3.05, 3.63) is 59.1 Å². The molecule has 0 bridgehead atoms. The zero-order chi connectivity index (χ0) is 14.4. The van der Waals surface area contributed by atoms with E-state index >= 15 is 0 Å². The molecule has 0 fully saturated rings. The van der Waals surface area contributed by atoms with Crippen molar-refractivity contribution < 1.29 is 9.90 Å². The van der Waals surface area contributed by atoms with Gasteiger partial charge in [0.25, 0.3) is 0 Å². The van der Waals surface area contributed by atoms with Crippen LogP contribution < -0.4 is 10.9 Å². The van der Waals surface area contributed by atoms with Crippen molar-refractivity contribution in [2.75, 3.05) is 5.43 Å². The maximum absolute atomic E-state index is 11.7. The molecule has 1 amide bonds. The van der Waals surface area contributed by atoms with Crippen molar-refractivity contribution in [1.82, 2.24) is 5.43 Å². The lowest BCUT2D eigenvalue weighted by Gasteiger charge is -2.09. The van der Waals surface area contributed by atoms with Gasteiger partial charge < -0.3 is 5.11 Å². The van der Waals surface area contributed by atoms with Gasteiger partial charge in [-0.25, -0.2) is 0 Å². The molecule has 0 saturated carbocycles. The first kappa shape index (κ1) is 14.2. The van der Waals surface area contributed by atoms with Crippen LogP contribution in [-0.2, 0) is 11.2 Å². The first-order valence-corrected chi connectivity index (χ1v) is 6.60. The summed E-state index contributed by atoms with van der Waals surface area (Å²) in [6, 6.07) is 14.0. The lowest BCUT2D eigenvalue weighted by atomic mass is 10.1. The van der Waals surface area contributed by atoms with Gasteiger partial charge in [0.05, 0.1) is 5.69 Å². The molecular formula is C15H15ClN2O2. The number of nitrogens with one attached hydrogen (secondary N) is 2. The number of benzene rings is 2. The number of hydrogen-bond acceptors (Lipinski definition) is 3. The van der Waals surface area contributed by atoms with E-state index in [1.54, 1.807) is 42.5 Å². The van der Waals surface area contributed by atoms with Crippen LogP contribution in [0.3, 0.4) is 0 Å². The van der Waals surface area contributed by atoms with Crippen molar-refractivity contribution in [2.45, 2.75) is 12.8 Å². The van der Waals surface area contributed by atoms with Crippen molar-refractivity contribution in [2.24, 2.45) is 0 Å². The molecule has 2 aromatic carbocycles. The predicted molar refractivity (Wildman–Crippen MR) is 79.6 cm³/mol. The van der Waals surface area contributed by atoms with E-state index in [9.17, 15) is 9.90 Å². The molecule has 3 N–H and O–H groups in total. The van der Waals surface area contributed by atoms with Gasteiger partial charge in [0.1, 0.15) is 5.75 Å². The standard InChI is InChI=1S/C15H15ClN2O2/c16-12-5-3-6-13(10-12)17-18-15(20)9-8-11-4-1-2-7-14(11)19/h1-7,10,17,19H,8-9H2,(H,18,20). The Kier molecular flexibility index (Phi) is 4.85. The summed E-state index contributed by atoms with van der Waals surface area (Å²) < 4.78 is 0. The maximum atomic E-state index is 11.7. The number of rotatable bonds is 5. The first-order chi connectivity index (χ1) is 9.65. The third-order valence-corrected chi connectivity index (χ3v) is 3.02. The zero-order valence-corrected chi connectivity index (χ0v) is 11.5. The summed E-state index contributed by atoms with van der Waals surface area (Å²) in [5, 5.41) is 10.2. The number of aryl methyl sites for hydroxylation is 1. The average Bonchev–Trinajstić information content (AvgIpc) is 2.44. The molecular weight excluding hydrogens is 276 g/mol. The molecule has 104 valence electrons. The van der Waals surface area contributed by atoms with Crippen LogP contribution in [0.25, 0.3) is 0 Å². The molecule has 0 aliphatic rings. The minimum Gasteiger partial charge on any atom is -0.508 e. The lowest BCUT2D eigenvalue weighted by molar-refractivity contribution is -0.120. The minimum atomic E-state index is -0.159. The van der Waals surface area contributed by atoms with Crippen LogP contribution in [0.2, 0.25) is 5.02 Å². The van der Waals surface area contributed by atoms with Gasteiger partial charge in [-0.15, -0.1) is 0 Å². The fraction of sp³-hybridized carbons (Fsp3) is 0.133. The smallest absolute Gasteiger partial charge is 0.238 e. The van der Waals surface area contributed by atoms with Crippen LogP contribution in [0, 0.1) is 0 Å². The van der Waals surface area contributed by atoms with Crippen molar-refractivity contribution in [1.29, 1.82) is 0 Å². The second-order valence-electron chi connectivity index (χ2n) is 4.31. The molecule has 0 aliphatic heterocycles. The van der Waals surface area contributed by atoms with Crippen molar-refractivity contribution in [3.8, 4) is 5.75 Å². The number of amides is 1. The predicted octanol–water partition coefficient (Wildman–Crippen LogP) is 3.12. The van der Waals surface area contributed by atoms with E-state index in [2.05, 4.69) is 10.9 Å². The number of carbonyl (C=O) groups excluding carboxylic acids is 1. The zero-order valence-electron chi connectivity index (χ0n) is 10.8. The van der Waals surface area contributed by atoms with E-state index < -0.39 is 0 Å². The summed E-state index contributed by atoms with van der Waals surface area (Å²) in [7, 11) is 0. The summed E-state index contributed by atoms with van der Waals surface area (Å²) in [6.45, 7) is 0. The summed E-state index contributed by atoms with van der Waals surface area (Å²) in [5.74, 6) is 0.0522. The molecule has 0 atom stereocenters. The second kappa shape index (κ2) is 6.82. The van der Waals surface area contributed by atoms with Gasteiger partial charge in [0.15, 0.2) is 0 Å². The van der Waals surface area contributed by atoms with Gasteiger partial charge in [-0.1, -0.05) is 35.9 Å². The topological polar surface area (TPSA) is 61.4 Å². The molecule has 5 heteroatoms. The van der Waals surface area contributed by atoms with Gasteiger partial charge >= 0.3 is 0 Å². The Morgan fingerprint density at radius 3 is 2.70 bits per heavy atom. The van der Waals surface area contributed by atoms with E-state index in [4.69, 9.17) is 11.6 Å². The average molecular weight is 291 g/mol. The van der Waals surface area contributed by atoms with E-state index in [-0.39, 0.29) is 18.1 Å². The number of halogens is 1. The summed E-state index contributed by atoms with van der Waals surface area (Å²) in [6.07, 6.45) is 0.765. The fourth-order valence-electron chi connectivity index (χ4n) is 1.74. The van der Waals surface area contributed by atoms with Gasteiger partial charge in [-0.2, -0.15) is 0 Å². The van der Waals surface area contributed by atoms with Gasteiger partial charge in [-0.05, 0) is 36.2 Å². The third kappa shape index (κ3) is 4.17. The minimum absolute atomic E-state index is 0.159. The Morgan fingerprint density at radius 1 is 1.15 bits per heavy atom. The molecule has 0 radical (unpaired) electrons. The monoisotopic (exact) mass is 290 g/mol. The third-order valence-electron chi connectivity index (χ3n) is 2.78. The summed E-state index contributed by atoms with van der Waals surface area (Å²) in [4.78, 5) is 11.7. The van der Waals surface area contributed by atoms with Crippen molar-refractivity contribution >= 4 is 23.2 Å². The summed E-state index contributed by atoms with van der Waals surface area (Å²) in [5.41, 5.74) is 6.85. The van der Waals surface area contributed by atoms with Crippen LogP contribution in [-0.4, -0.2) is 11.0 Å². The second-order valence-corrected chi connectivity index (χ2v) is 4.75. The maximum Gasteiger partial charge on any atom is 0.238 e. The molecule has 0 unspecified atom stereocenters. The van der Waals surface area contributed by atoms with Gasteiger partial charge in [-0.3, -0.25) is 15.6 Å². The lowest BCUT2D eigenvalue weighted by Crippen LogP contribution is -2.29. The van der Waals surface area contributed by atoms with Gasteiger partial charge in [0, 0.05) is 11.4 Å². The van der Waals surface area contributed by atoms with E-state index in [0.717, 1.165) is 5.56 Å². The molecule has 0 aromatic heterocycles. The Balaban J connectivity index is 1.80. The Bertz CT molecular complexity index is 602. The number of hydrogen-bond donors (Lipinski definition) is 3. The molecule has 0 heterocycles. The van der Waals surface area contributed by atoms with Crippen LogP contribution in [0.4, 0.5) is 5.69 Å². The Labute approximate surface area is 122 Å². The Hall–Kier alpha value is -2.20. The van der Waals surface area contributed by atoms with Crippen molar-refractivity contribution in [3.63, 3.8) is 0 Å². The van der Waals surface area contributed by atoms with Crippen LogP contribution in [0.1, 0.15) is 12.0 Å². The van der Waals surface area contributed by atoms with E-state index in [1.165, 1.54) is 0 Å². The summed E-state index contributed by atoms with van der Waals surface area (Å²) >= 11 is 5.84. The number of phenolic OH excluding ortho intramolecular Hbond substituents is 1. The van der Waals surface area contributed by atoms with E-state index in [0.29, 0.717) is 17.1 Å². The van der Waals surface area contributed by atoms with E-state index in [1.807, 2.05) is 6.07 Å². The quantitative estimate of drug-likeness (QED) is 0.742. The number of carbonyl (C=O) groups is 1. The highest BCUT2D eigenvalue weighted by molar-refractivity contribution is 6.30. The SMILES string of the molecule is O=C(CCc1ccccc1O)NNc1cccc(Cl)c1. The van der Waals surface area contributed by atoms with Gasteiger partial charge in [0.2, 0.25) is 5.91 Å². The molecule has 2 rings (SSSR count). The Morgan fingerprint density at radius 2 is 1.95 bits per heavy atom. The molecule has 0 aliphatic carbocycles. The highest BCUT2D eigenvalue weighted by Crippen LogP contribution is 2.17.